The molecule has 0 radical (unpaired) electrons. The second-order valence-electron chi connectivity index (χ2n) is 3.31. The van der Waals surface area contributed by atoms with E-state index in [4.69, 9.17) is 14.6 Å². The molecule has 82 valence electrons. The minimum Gasteiger partial charge on any atom is -0.496 e. The Morgan fingerprint density at radius 3 is 2.40 bits per heavy atom. The molecule has 4 heteroatoms. The Morgan fingerprint density at radius 1 is 1.33 bits per heavy atom. The Kier molecular flexibility index (Phi) is 3.55. The highest BCUT2D eigenvalue weighted by Gasteiger charge is 2.17. The average molecular weight is 210 g/mol. The molecule has 1 N–H and O–H groups in total. The van der Waals surface area contributed by atoms with E-state index in [0.29, 0.717) is 11.5 Å². The first-order valence-corrected chi connectivity index (χ1v) is 4.63. The van der Waals surface area contributed by atoms with Crippen LogP contribution in [0.1, 0.15) is 24.2 Å². The molecular formula is C11H14O4. The van der Waals surface area contributed by atoms with Crippen LogP contribution in [0.2, 0.25) is 0 Å². The van der Waals surface area contributed by atoms with Gasteiger partial charge in [-0.25, -0.2) is 4.79 Å². The Morgan fingerprint density at radius 2 is 1.93 bits per heavy atom. The lowest BCUT2D eigenvalue weighted by molar-refractivity contribution is 0.0686. The third kappa shape index (κ3) is 2.62. The topological polar surface area (TPSA) is 55.8 Å². The van der Waals surface area contributed by atoms with Crippen molar-refractivity contribution in [2.75, 3.05) is 7.11 Å². The van der Waals surface area contributed by atoms with Crippen molar-refractivity contribution in [3.8, 4) is 11.5 Å². The van der Waals surface area contributed by atoms with Crippen molar-refractivity contribution >= 4 is 5.97 Å². The van der Waals surface area contributed by atoms with Gasteiger partial charge in [0, 0.05) is 0 Å². The van der Waals surface area contributed by atoms with Crippen LogP contribution in [0.3, 0.4) is 0 Å². The Balaban J connectivity index is 3.19. The summed E-state index contributed by atoms with van der Waals surface area (Å²) in [4.78, 5) is 11.0. The van der Waals surface area contributed by atoms with Gasteiger partial charge in [-0.1, -0.05) is 6.07 Å². The standard InChI is InChI=1S/C11H14O4/c1-7(2)15-9-6-4-5-8(14-3)10(9)11(12)13/h4-7H,1-3H3,(H,12,13). The summed E-state index contributed by atoms with van der Waals surface area (Å²) in [5.41, 5.74) is 0.0636. The fourth-order valence-electron chi connectivity index (χ4n) is 1.24. The van der Waals surface area contributed by atoms with Gasteiger partial charge < -0.3 is 14.6 Å². The molecule has 0 unspecified atom stereocenters. The van der Waals surface area contributed by atoms with Crippen molar-refractivity contribution in [1.29, 1.82) is 0 Å². The van der Waals surface area contributed by atoms with Crippen LogP contribution in [0.4, 0.5) is 0 Å². The van der Waals surface area contributed by atoms with Crippen molar-refractivity contribution in [3.05, 3.63) is 23.8 Å². The highest BCUT2D eigenvalue weighted by atomic mass is 16.5. The van der Waals surface area contributed by atoms with Crippen LogP contribution in [-0.2, 0) is 0 Å². The van der Waals surface area contributed by atoms with Gasteiger partial charge in [-0.2, -0.15) is 0 Å². The van der Waals surface area contributed by atoms with E-state index >= 15 is 0 Å². The normalized spacial score (nSPS) is 10.1. The number of carboxylic acid groups (broad SMARTS) is 1. The number of carboxylic acids is 1. The predicted octanol–water partition coefficient (Wildman–Crippen LogP) is 2.18. The van der Waals surface area contributed by atoms with E-state index < -0.39 is 5.97 Å². The van der Waals surface area contributed by atoms with E-state index in [-0.39, 0.29) is 11.7 Å². The minimum absolute atomic E-state index is 0.0636. The third-order valence-corrected chi connectivity index (χ3v) is 1.78. The molecule has 0 saturated heterocycles. The molecule has 0 spiro atoms. The molecule has 0 heterocycles. The van der Waals surface area contributed by atoms with Gasteiger partial charge in [0.2, 0.25) is 0 Å². The van der Waals surface area contributed by atoms with Gasteiger partial charge in [-0.05, 0) is 26.0 Å². The van der Waals surface area contributed by atoms with Crippen molar-refractivity contribution < 1.29 is 19.4 Å². The van der Waals surface area contributed by atoms with Crippen molar-refractivity contribution in [2.24, 2.45) is 0 Å². The van der Waals surface area contributed by atoms with Gasteiger partial charge >= 0.3 is 5.97 Å². The summed E-state index contributed by atoms with van der Waals surface area (Å²) in [7, 11) is 1.43. The highest BCUT2D eigenvalue weighted by molar-refractivity contribution is 5.94. The largest absolute Gasteiger partial charge is 0.496 e. The van der Waals surface area contributed by atoms with Gasteiger partial charge in [0.15, 0.2) is 0 Å². The smallest absolute Gasteiger partial charge is 0.343 e. The first-order chi connectivity index (χ1) is 7.06. The molecular weight excluding hydrogens is 196 g/mol. The predicted molar refractivity (Wildman–Crippen MR) is 55.7 cm³/mol. The fraction of sp³-hybridized carbons (Fsp3) is 0.364. The minimum atomic E-state index is -1.05. The van der Waals surface area contributed by atoms with E-state index in [2.05, 4.69) is 0 Å². The van der Waals surface area contributed by atoms with E-state index in [1.54, 1.807) is 18.2 Å². The molecule has 1 aromatic carbocycles. The van der Waals surface area contributed by atoms with Gasteiger partial charge in [0.25, 0.3) is 0 Å². The number of benzene rings is 1. The number of rotatable bonds is 4. The molecule has 4 nitrogen and oxygen atoms in total. The quantitative estimate of drug-likeness (QED) is 0.827. The maximum absolute atomic E-state index is 11.0. The number of carbonyl (C=O) groups is 1. The summed E-state index contributed by atoms with van der Waals surface area (Å²) in [6.07, 6.45) is -0.0739. The molecule has 15 heavy (non-hydrogen) atoms. The van der Waals surface area contributed by atoms with Crippen LogP contribution in [0.25, 0.3) is 0 Å². The van der Waals surface area contributed by atoms with Crippen molar-refractivity contribution in [2.45, 2.75) is 20.0 Å². The van der Waals surface area contributed by atoms with Crippen LogP contribution in [0.15, 0.2) is 18.2 Å². The molecule has 0 aliphatic carbocycles. The third-order valence-electron chi connectivity index (χ3n) is 1.78. The van der Waals surface area contributed by atoms with Gasteiger partial charge in [-0.15, -0.1) is 0 Å². The Bertz CT molecular complexity index is 358. The molecule has 0 fully saturated rings. The molecule has 0 amide bonds. The van der Waals surface area contributed by atoms with Gasteiger partial charge in [-0.3, -0.25) is 0 Å². The van der Waals surface area contributed by atoms with E-state index in [9.17, 15) is 4.79 Å². The molecule has 0 aliphatic heterocycles. The zero-order chi connectivity index (χ0) is 11.4. The summed E-state index contributed by atoms with van der Waals surface area (Å²) in [6, 6.07) is 4.91. The maximum atomic E-state index is 11.0. The number of methoxy groups -OCH3 is 1. The second kappa shape index (κ2) is 4.68. The zero-order valence-electron chi connectivity index (χ0n) is 8.98. The van der Waals surface area contributed by atoms with Gasteiger partial charge in [0.1, 0.15) is 17.1 Å². The summed E-state index contributed by atoms with van der Waals surface area (Å²) in [5.74, 6) is -0.416. The number of hydrogen-bond donors (Lipinski definition) is 1. The van der Waals surface area contributed by atoms with Crippen molar-refractivity contribution in [3.63, 3.8) is 0 Å². The molecule has 0 aromatic heterocycles. The van der Waals surface area contributed by atoms with E-state index in [1.165, 1.54) is 7.11 Å². The van der Waals surface area contributed by atoms with Crippen LogP contribution in [-0.4, -0.2) is 24.3 Å². The Hall–Kier alpha value is -1.71. The molecule has 0 saturated carbocycles. The van der Waals surface area contributed by atoms with Gasteiger partial charge in [0.05, 0.1) is 13.2 Å². The Labute approximate surface area is 88.4 Å². The fourth-order valence-corrected chi connectivity index (χ4v) is 1.24. The molecule has 1 rings (SSSR count). The average Bonchev–Trinajstić information content (AvgIpc) is 2.15. The van der Waals surface area contributed by atoms with Crippen LogP contribution in [0, 0.1) is 0 Å². The first-order valence-electron chi connectivity index (χ1n) is 4.63. The SMILES string of the molecule is COc1cccc(OC(C)C)c1C(=O)O. The number of ether oxygens (including phenoxy) is 2. The lowest BCUT2D eigenvalue weighted by Gasteiger charge is -2.14. The van der Waals surface area contributed by atoms with E-state index in [0.717, 1.165) is 0 Å². The summed E-state index contributed by atoms with van der Waals surface area (Å²) < 4.78 is 10.4. The molecule has 0 atom stereocenters. The summed E-state index contributed by atoms with van der Waals surface area (Å²) in [5, 5.41) is 9.03. The number of hydrogen-bond acceptors (Lipinski definition) is 3. The maximum Gasteiger partial charge on any atom is 0.343 e. The van der Waals surface area contributed by atoms with Crippen molar-refractivity contribution in [1.82, 2.24) is 0 Å². The highest BCUT2D eigenvalue weighted by Crippen LogP contribution is 2.28. The van der Waals surface area contributed by atoms with E-state index in [1.807, 2.05) is 13.8 Å². The second-order valence-corrected chi connectivity index (χ2v) is 3.31. The monoisotopic (exact) mass is 210 g/mol. The lowest BCUT2D eigenvalue weighted by atomic mass is 10.2. The zero-order valence-corrected chi connectivity index (χ0v) is 8.98. The summed E-state index contributed by atoms with van der Waals surface area (Å²) in [6.45, 7) is 3.68. The first kappa shape index (κ1) is 11.4. The van der Waals surface area contributed by atoms with Crippen LogP contribution >= 0.6 is 0 Å². The molecule has 0 aliphatic rings. The van der Waals surface area contributed by atoms with Crippen LogP contribution < -0.4 is 9.47 Å². The molecule has 1 aromatic rings. The van der Waals surface area contributed by atoms with Crippen LogP contribution in [0.5, 0.6) is 11.5 Å². The lowest BCUT2D eigenvalue weighted by Crippen LogP contribution is -2.10. The number of aromatic carboxylic acids is 1. The summed E-state index contributed by atoms with van der Waals surface area (Å²) >= 11 is 0. The molecule has 0 bridgehead atoms.